The van der Waals surface area contributed by atoms with Gasteiger partial charge in [0.2, 0.25) is 11.8 Å². The number of fused-ring (bicyclic) bond motifs is 1. The molecule has 10 heavy (non-hydrogen) atoms. The molecule has 4 nitrogen and oxygen atoms in total. The van der Waals surface area contributed by atoms with E-state index in [9.17, 15) is 9.59 Å². The van der Waals surface area contributed by atoms with Crippen LogP contribution in [0.4, 0.5) is 0 Å². The van der Waals surface area contributed by atoms with Gasteiger partial charge in [-0.05, 0) is 6.42 Å². The molecule has 1 N–H and O–H groups in total. The number of nitrogens with zero attached hydrogens (tertiary/aromatic N) is 1. The average molecular weight is 140 g/mol. The molecule has 0 bridgehead atoms. The highest BCUT2D eigenvalue weighted by molar-refractivity contribution is 5.96. The molecule has 1 aliphatic heterocycles. The third-order valence-corrected chi connectivity index (χ3v) is 2.05. The fourth-order valence-electron chi connectivity index (χ4n) is 1.31. The minimum atomic E-state index is -0.0105. The van der Waals surface area contributed by atoms with Gasteiger partial charge in [-0.15, -0.1) is 0 Å². The van der Waals surface area contributed by atoms with E-state index in [1.165, 1.54) is 5.01 Å². The Kier molecular flexibility index (Phi) is 0.859. The first kappa shape index (κ1) is 5.70. The lowest BCUT2D eigenvalue weighted by Gasteiger charge is -2.21. The molecular weight excluding hydrogens is 132 g/mol. The normalized spacial score (nSPS) is 37.1. The smallest absolute Gasteiger partial charge is 0.244 e. The van der Waals surface area contributed by atoms with Crippen molar-refractivity contribution < 1.29 is 9.59 Å². The number of carbonyl (C=O) groups is 2. The van der Waals surface area contributed by atoms with E-state index in [4.69, 9.17) is 0 Å². The van der Waals surface area contributed by atoms with E-state index < -0.39 is 0 Å². The maximum absolute atomic E-state index is 11.0. The predicted molar refractivity (Wildman–Crippen MR) is 32.5 cm³/mol. The Morgan fingerprint density at radius 2 is 2.20 bits per heavy atom. The average Bonchev–Trinajstić information content (AvgIpc) is 2.61. The molecule has 2 fully saturated rings. The van der Waals surface area contributed by atoms with E-state index in [2.05, 4.69) is 5.43 Å². The second-order valence-electron chi connectivity index (χ2n) is 2.82. The minimum Gasteiger partial charge on any atom is -0.273 e. The lowest BCUT2D eigenvalue weighted by Crippen LogP contribution is -2.49. The van der Waals surface area contributed by atoms with E-state index in [1.807, 2.05) is 0 Å². The summed E-state index contributed by atoms with van der Waals surface area (Å²) < 4.78 is 0. The van der Waals surface area contributed by atoms with Crippen molar-refractivity contribution >= 4 is 11.8 Å². The topological polar surface area (TPSA) is 49.4 Å². The summed E-state index contributed by atoms with van der Waals surface area (Å²) in [6, 6.07) is 0. The van der Waals surface area contributed by atoms with Crippen LogP contribution in [0.5, 0.6) is 0 Å². The summed E-state index contributed by atoms with van der Waals surface area (Å²) in [6.45, 7) is 0. The van der Waals surface area contributed by atoms with Gasteiger partial charge in [0.25, 0.3) is 0 Å². The third-order valence-electron chi connectivity index (χ3n) is 2.05. The number of hydrazine groups is 1. The second kappa shape index (κ2) is 1.51. The summed E-state index contributed by atoms with van der Waals surface area (Å²) in [5.41, 5.74) is 2.47. The van der Waals surface area contributed by atoms with Gasteiger partial charge < -0.3 is 0 Å². The van der Waals surface area contributed by atoms with E-state index in [0.29, 0.717) is 0 Å². The largest absolute Gasteiger partial charge is 0.273 e. The van der Waals surface area contributed by atoms with Crippen LogP contribution in [-0.4, -0.2) is 23.9 Å². The minimum absolute atomic E-state index is 0.00116. The van der Waals surface area contributed by atoms with Crippen LogP contribution in [-0.2, 0) is 9.59 Å². The quantitative estimate of drug-likeness (QED) is 0.475. The summed E-state index contributed by atoms with van der Waals surface area (Å²) >= 11 is 0. The van der Waals surface area contributed by atoms with Crippen LogP contribution in [0.1, 0.15) is 6.42 Å². The number of nitrogens with one attached hydrogen (secondary N) is 1. The fourth-order valence-corrected chi connectivity index (χ4v) is 1.31. The van der Waals surface area contributed by atoms with E-state index in [-0.39, 0.29) is 23.7 Å². The van der Waals surface area contributed by atoms with Crippen LogP contribution in [0, 0.1) is 11.8 Å². The number of rotatable bonds is 0. The van der Waals surface area contributed by atoms with E-state index in [0.717, 1.165) is 6.42 Å². The predicted octanol–water partition coefficient (Wildman–Crippen LogP) is -0.874. The van der Waals surface area contributed by atoms with Crippen LogP contribution < -0.4 is 5.43 Å². The second-order valence-corrected chi connectivity index (χ2v) is 2.82. The van der Waals surface area contributed by atoms with Gasteiger partial charge in [-0.3, -0.25) is 20.0 Å². The number of hydrogen-bond acceptors (Lipinski definition) is 2. The highest BCUT2D eigenvalue weighted by Crippen LogP contribution is 2.41. The van der Waals surface area contributed by atoms with Crippen LogP contribution in [0.15, 0.2) is 0 Å². The molecule has 1 saturated heterocycles. The maximum atomic E-state index is 11.0. The molecule has 4 heteroatoms. The molecule has 2 aliphatic rings. The molecule has 0 radical (unpaired) electrons. The third kappa shape index (κ3) is 0.558. The first-order valence-electron chi connectivity index (χ1n) is 3.28. The summed E-state index contributed by atoms with van der Waals surface area (Å²) in [5.74, 6) is 0.0270. The van der Waals surface area contributed by atoms with Gasteiger partial charge in [-0.25, -0.2) is 0 Å². The fraction of sp³-hybridized carbons (Fsp3) is 0.667. The Balaban J connectivity index is 2.20. The molecule has 0 spiro atoms. The Morgan fingerprint density at radius 3 is 2.90 bits per heavy atom. The van der Waals surface area contributed by atoms with Gasteiger partial charge in [0.1, 0.15) is 0 Å². The molecule has 54 valence electrons. The molecular formula is C6H8N2O2. The zero-order valence-corrected chi connectivity index (χ0v) is 5.63. The molecule has 2 rings (SSSR count). The highest BCUT2D eigenvalue weighted by atomic mass is 16.2. The number of carbonyl (C=O) groups excluding carboxylic acids is 2. The summed E-state index contributed by atoms with van der Waals surface area (Å²) in [4.78, 5) is 21.9. The Hall–Kier alpha value is -1.06. The van der Waals surface area contributed by atoms with Crippen molar-refractivity contribution in [3.05, 3.63) is 0 Å². The Morgan fingerprint density at radius 1 is 1.50 bits per heavy atom. The maximum Gasteiger partial charge on any atom is 0.244 e. The zero-order valence-electron chi connectivity index (χ0n) is 5.63. The van der Waals surface area contributed by atoms with Crippen molar-refractivity contribution in [3.63, 3.8) is 0 Å². The first-order chi connectivity index (χ1) is 4.70. The molecule has 0 aromatic rings. The Labute approximate surface area is 58.2 Å². The van der Waals surface area contributed by atoms with Gasteiger partial charge in [0.15, 0.2) is 0 Å². The van der Waals surface area contributed by atoms with Crippen molar-refractivity contribution in [2.24, 2.45) is 11.8 Å². The van der Waals surface area contributed by atoms with E-state index >= 15 is 0 Å². The zero-order chi connectivity index (χ0) is 7.30. The van der Waals surface area contributed by atoms with Crippen LogP contribution in [0.2, 0.25) is 0 Å². The van der Waals surface area contributed by atoms with Crippen molar-refractivity contribution in [2.75, 3.05) is 7.05 Å². The van der Waals surface area contributed by atoms with Gasteiger partial charge in [-0.1, -0.05) is 0 Å². The van der Waals surface area contributed by atoms with Gasteiger partial charge >= 0.3 is 0 Å². The standard InChI is InChI=1S/C6H8N2O2/c1-8-6(10)4-2-3(4)5(9)7-8/h3-4H,2H2,1H3,(H,7,9). The summed E-state index contributed by atoms with van der Waals surface area (Å²) in [7, 11) is 1.58. The number of hydrogen-bond donors (Lipinski definition) is 1. The highest BCUT2D eigenvalue weighted by Gasteiger charge is 2.53. The molecule has 0 aromatic heterocycles. The molecule has 2 amide bonds. The van der Waals surface area contributed by atoms with Crippen LogP contribution >= 0.6 is 0 Å². The van der Waals surface area contributed by atoms with Crippen molar-refractivity contribution in [3.8, 4) is 0 Å². The molecule has 1 saturated carbocycles. The Bertz CT molecular complexity index is 210. The van der Waals surface area contributed by atoms with Crippen LogP contribution in [0.3, 0.4) is 0 Å². The SMILES string of the molecule is CN1NC(=O)C2CC2C1=O. The lowest BCUT2D eigenvalue weighted by molar-refractivity contribution is -0.146. The molecule has 0 aromatic carbocycles. The van der Waals surface area contributed by atoms with Gasteiger partial charge in [0, 0.05) is 7.05 Å². The number of amides is 2. The monoisotopic (exact) mass is 140 g/mol. The lowest BCUT2D eigenvalue weighted by atomic mass is 10.2. The van der Waals surface area contributed by atoms with Crippen molar-refractivity contribution in [2.45, 2.75) is 6.42 Å². The molecule has 1 heterocycles. The van der Waals surface area contributed by atoms with Crippen LogP contribution in [0.25, 0.3) is 0 Å². The van der Waals surface area contributed by atoms with Crippen molar-refractivity contribution in [1.82, 2.24) is 10.4 Å². The molecule has 2 atom stereocenters. The van der Waals surface area contributed by atoms with Crippen molar-refractivity contribution in [1.29, 1.82) is 0 Å². The van der Waals surface area contributed by atoms with Gasteiger partial charge in [0.05, 0.1) is 11.8 Å². The van der Waals surface area contributed by atoms with E-state index in [1.54, 1.807) is 7.05 Å². The molecule has 1 aliphatic carbocycles. The summed E-state index contributed by atoms with van der Waals surface area (Å²) in [6.07, 6.45) is 0.745. The van der Waals surface area contributed by atoms with Gasteiger partial charge in [-0.2, -0.15) is 0 Å². The first-order valence-corrected chi connectivity index (χ1v) is 3.28. The summed E-state index contributed by atoms with van der Waals surface area (Å²) in [5, 5.41) is 1.27. The molecule has 2 unspecified atom stereocenters.